The van der Waals surface area contributed by atoms with Crippen LogP contribution in [0.1, 0.15) is 31.9 Å². The molecule has 0 N–H and O–H groups in total. The Bertz CT molecular complexity index is 2700. The summed E-state index contributed by atoms with van der Waals surface area (Å²) < 4.78 is 4.81. The predicted octanol–water partition coefficient (Wildman–Crippen LogP) is 11.8. The molecule has 2 nitrogen and oxygen atoms in total. The first-order valence-electron chi connectivity index (χ1n) is 16.6. The van der Waals surface area contributed by atoms with Crippen molar-refractivity contribution in [3.8, 4) is 34.8 Å². The molecule has 0 bridgehead atoms. The molecule has 0 radical (unpaired) electrons. The van der Waals surface area contributed by atoms with E-state index in [0.29, 0.717) is 0 Å². The van der Waals surface area contributed by atoms with E-state index in [1.54, 1.807) is 0 Å². The van der Waals surface area contributed by atoms with E-state index < -0.39 is 0 Å². The van der Waals surface area contributed by atoms with Gasteiger partial charge in [0.15, 0.2) is 0 Å². The third kappa shape index (κ3) is 4.01. The van der Waals surface area contributed by atoms with Crippen LogP contribution in [0.2, 0.25) is 0 Å². The van der Waals surface area contributed by atoms with Gasteiger partial charge in [-0.25, -0.2) is 0 Å². The zero-order chi connectivity index (χ0) is 32.6. The van der Waals surface area contributed by atoms with E-state index in [1.165, 1.54) is 88.4 Å². The number of aromatic nitrogens is 2. The molecule has 2 aromatic heterocycles. The van der Waals surface area contributed by atoms with Crippen molar-refractivity contribution in [1.29, 1.82) is 0 Å². The zero-order valence-electron chi connectivity index (χ0n) is 27.3. The van der Waals surface area contributed by atoms with Crippen LogP contribution in [-0.2, 0) is 5.41 Å². The third-order valence-corrected chi connectivity index (χ3v) is 10.6. The van der Waals surface area contributed by atoms with Crippen molar-refractivity contribution in [2.75, 3.05) is 0 Å². The molecule has 2 heterocycles. The van der Waals surface area contributed by atoms with Gasteiger partial charge in [0.05, 0.1) is 22.1 Å². The fourth-order valence-corrected chi connectivity index (χ4v) is 7.95. The maximum absolute atomic E-state index is 5.59. The van der Waals surface area contributed by atoms with Gasteiger partial charge < -0.3 is 9.13 Å². The highest BCUT2D eigenvalue weighted by Gasteiger charge is 2.34. The Hall–Kier alpha value is -6.04. The Balaban J connectivity index is 1.22. The molecule has 6 aromatic carbocycles. The van der Waals surface area contributed by atoms with E-state index in [4.69, 9.17) is 6.42 Å². The summed E-state index contributed by atoms with van der Waals surface area (Å²) in [5.74, 6) is 2.67. The number of fused-ring (bicyclic) bond motifs is 7. The molecule has 0 unspecified atom stereocenters. The predicted molar refractivity (Wildman–Crippen MR) is 204 cm³/mol. The Kier molecular flexibility index (Phi) is 6.16. The van der Waals surface area contributed by atoms with E-state index in [1.807, 2.05) is 6.08 Å². The van der Waals surface area contributed by atoms with E-state index in [0.717, 1.165) is 0 Å². The van der Waals surface area contributed by atoms with Gasteiger partial charge in [0.2, 0.25) is 0 Å². The Morgan fingerprint density at radius 1 is 0.562 bits per heavy atom. The average molecular weight is 615 g/mol. The minimum Gasteiger partial charge on any atom is -0.309 e. The molecule has 0 amide bonds. The monoisotopic (exact) mass is 614 g/mol. The van der Waals surface area contributed by atoms with E-state index in [2.05, 4.69) is 175 Å². The summed E-state index contributed by atoms with van der Waals surface area (Å²) >= 11 is 0. The normalized spacial score (nSPS) is 14.1. The summed E-state index contributed by atoms with van der Waals surface area (Å²) in [6.45, 7) is 6.86. The van der Waals surface area contributed by atoms with Gasteiger partial charge in [0, 0.05) is 38.3 Å². The van der Waals surface area contributed by atoms with Crippen LogP contribution in [0.3, 0.4) is 0 Å². The van der Waals surface area contributed by atoms with Crippen LogP contribution in [-0.4, -0.2) is 9.13 Å². The van der Waals surface area contributed by atoms with Gasteiger partial charge in [-0.05, 0) is 101 Å². The highest BCUT2D eigenvalue weighted by Crippen LogP contribution is 2.48. The lowest BCUT2D eigenvalue weighted by atomic mass is 9.82. The summed E-state index contributed by atoms with van der Waals surface area (Å²) in [5, 5.41) is 5.03. The number of hydrogen-bond donors (Lipinski definition) is 0. The van der Waals surface area contributed by atoms with Gasteiger partial charge in [-0.15, -0.1) is 6.42 Å². The van der Waals surface area contributed by atoms with E-state index in [9.17, 15) is 0 Å². The fourth-order valence-electron chi connectivity index (χ4n) is 7.95. The Morgan fingerprint density at radius 2 is 1.17 bits per heavy atom. The quantitative estimate of drug-likeness (QED) is 0.175. The Labute approximate surface area is 280 Å². The number of terminal acetylenes is 1. The van der Waals surface area contributed by atoms with Crippen LogP contribution in [0.4, 0.5) is 0 Å². The van der Waals surface area contributed by atoms with Crippen molar-refractivity contribution in [3.05, 3.63) is 162 Å². The summed E-state index contributed by atoms with van der Waals surface area (Å²) in [6, 6.07) is 48.9. The third-order valence-electron chi connectivity index (χ3n) is 10.6. The molecule has 0 saturated heterocycles. The molecule has 0 fully saturated rings. The van der Waals surface area contributed by atoms with Gasteiger partial charge in [-0.1, -0.05) is 104 Å². The van der Waals surface area contributed by atoms with Crippen LogP contribution in [0, 0.1) is 12.3 Å². The van der Waals surface area contributed by atoms with Crippen LogP contribution in [0.25, 0.3) is 71.7 Å². The molecular weight excluding hydrogens is 581 g/mol. The highest BCUT2D eigenvalue weighted by atomic mass is 15.0. The van der Waals surface area contributed by atoms with Gasteiger partial charge in [0.1, 0.15) is 0 Å². The molecule has 0 atom stereocenters. The second kappa shape index (κ2) is 10.5. The molecule has 0 saturated carbocycles. The molecule has 48 heavy (non-hydrogen) atoms. The summed E-state index contributed by atoms with van der Waals surface area (Å²) in [5.41, 5.74) is 14.7. The van der Waals surface area contributed by atoms with Crippen LogP contribution >= 0.6 is 0 Å². The molecule has 228 valence electrons. The lowest BCUT2D eigenvalue weighted by molar-refractivity contribution is 0.638. The molecule has 0 spiro atoms. The lowest BCUT2D eigenvalue weighted by Crippen LogP contribution is -2.16. The second-order valence-corrected chi connectivity index (χ2v) is 13.4. The second-order valence-electron chi connectivity index (χ2n) is 13.4. The van der Waals surface area contributed by atoms with E-state index in [-0.39, 0.29) is 5.41 Å². The number of rotatable bonds is 4. The van der Waals surface area contributed by atoms with Crippen LogP contribution in [0.5, 0.6) is 0 Å². The molecule has 1 aliphatic carbocycles. The van der Waals surface area contributed by atoms with Crippen LogP contribution < -0.4 is 0 Å². The summed E-state index contributed by atoms with van der Waals surface area (Å²) in [7, 11) is 0. The molecule has 0 aliphatic heterocycles. The molecular formula is C46H34N2. The van der Waals surface area contributed by atoms with Crippen molar-refractivity contribution in [1.82, 2.24) is 9.13 Å². The van der Waals surface area contributed by atoms with Crippen molar-refractivity contribution < 1.29 is 0 Å². The first-order chi connectivity index (χ1) is 23.5. The highest BCUT2D eigenvalue weighted by molar-refractivity contribution is 6.12. The number of para-hydroxylation sites is 3. The summed E-state index contributed by atoms with van der Waals surface area (Å²) in [6.07, 6.45) is 9.48. The number of benzene rings is 6. The first kappa shape index (κ1) is 28.2. The molecule has 8 aromatic rings. The number of hydrogen-bond acceptors (Lipinski definition) is 0. The van der Waals surface area contributed by atoms with Crippen molar-refractivity contribution >= 4 is 49.2 Å². The van der Waals surface area contributed by atoms with Gasteiger partial charge in [-0.3, -0.25) is 0 Å². The summed E-state index contributed by atoms with van der Waals surface area (Å²) in [4.78, 5) is 0. The Morgan fingerprint density at radius 3 is 1.92 bits per heavy atom. The minimum atomic E-state index is -0.0909. The number of allylic oxidation sites excluding steroid dienone is 4. The lowest BCUT2D eigenvalue weighted by Gasteiger charge is -2.23. The topological polar surface area (TPSA) is 9.86 Å². The standard InChI is InChI=1S/C46H34N2/c1-5-6-16-35-30(2)46(3,4)41-29-34(23-25-36(35)41)48-43-20-13-11-18-38(43)40-27-31(22-26-44(40)48)32-21-24-39-37-17-10-12-19-42(37)47(45(39)28-32)33-14-8-7-9-15-33/h1,6-29H,2-4H3/b16-6-. The van der Waals surface area contributed by atoms with Gasteiger partial charge >= 0.3 is 0 Å². The zero-order valence-corrected chi connectivity index (χ0v) is 27.3. The smallest absolute Gasteiger partial charge is 0.0547 e. The molecule has 2 heteroatoms. The average Bonchev–Trinajstić information content (AvgIpc) is 3.70. The van der Waals surface area contributed by atoms with Crippen LogP contribution in [0.15, 0.2) is 151 Å². The molecule has 1 aliphatic rings. The largest absolute Gasteiger partial charge is 0.309 e. The first-order valence-corrected chi connectivity index (χ1v) is 16.6. The molecule has 9 rings (SSSR count). The maximum Gasteiger partial charge on any atom is 0.0547 e. The minimum absolute atomic E-state index is 0.0909. The number of nitrogens with zero attached hydrogens (tertiary/aromatic N) is 2. The maximum atomic E-state index is 5.59. The van der Waals surface area contributed by atoms with Crippen molar-refractivity contribution in [3.63, 3.8) is 0 Å². The van der Waals surface area contributed by atoms with Crippen molar-refractivity contribution in [2.45, 2.75) is 26.2 Å². The fraction of sp³-hybridized carbons (Fsp3) is 0.0870. The van der Waals surface area contributed by atoms with Gasteiger partial charge in [-0.2, -0.15) is 0 Å². The van der Waals surface area contributed by atoms with Gasteiger partial charge in [0.25, 0.3) is 0 Å². The van der Waals surface area contributed by atoms with Crippen molar-refractivity contribution in [2.24, 2.45) is 0 Å². The van der Waals surface area contributed by atoms with E-state index >= 15 is 0 Å². The SMILES string of the molecule is C#C/C=C\C1=C(C)C(C)(C)c2cc(-n3c4ccccc4c4cc(-c5ccc6c7ccccc7n(-c7ccccc7)c6c5)ccc43)ccc21.